The first-order valence-corrected chi connectivity index (χ1v) is 7.91. The molecule has 122 valence electrons. The van der Waals surface area contributed by atoms with Crippen molar-refractivity contribution >= 4 is 5.69 Å². The lowest BCUT2D eigenvalue weighted by molar-refractivity contribution is 0.294. The smallest absolute Gasteiger partial charge is 0.213 e. The second kappa shape index (κ2) is 7.51. The third-order valence-electron chi connectivity index (χ3n) is 3.54. The van der Waals surface area contributed by atoms with E-state index in [9.17, 15) is 0 Å². The van der Waals surface area contributed by atoms with Gasteiger partial charge in [-0.2, -0.15) is 0 Å². The average molecular weight is 320 g/mol. The first-order valence-electron chi connectivity index (χ1n) is 7.91. The van der Waals surface area contributed by atoms with Gasteiger partial charge in [-0.05, 0) is 36.2 Å². The summed E-state index contributed by atoms with van der Waals surface area (Å²) < 4.78 is 11.2. The molecule has 0 spiro atoms. The largest absolute Gasteiger partial charge is 0.494 e. The molecule has 0 aliphatic rings. The van der Waals surface area contributed by atoms with Crippen LogP contribution in [0.15, 0.2) is 66.9 Å². The van der Waals surface area contributed by atoms with E-state index in [4.69, 9.17) is 15.2 Å². The Hall–Kier alpha value is -3.01. The summed E-state index contributed by atoms with van der Waals surface area (Å²) in [6.45, 7) is 3.05. The molecule has 0 atom stereocenters. The van der Waals surface area contributed by atoms with Crippen molar-refractivity contribution in [3.05, 3.63) is 72.4 Å². The Labute approximate surface area is 141 Å². The van der Waals surface area contributed by atoms with Gasteiger partial charge in [0.25, 0.3) is 0 Å². The number of nitrogens with two attached hydrogens (primary N) is 1. The van der Waals surface area contributed by atoms with Crippen molar-refractivity contribution in [2.45, 2.75) is 13.5 Å². The van der Waals surface area contributed by atoms with E-state index in [-0.39, 0.29) is 0 Å². The number of hydrogen-bond donors (Lipinski definition) is 1. The predicted octanol–water partition coefficient (Wildman–Crippen LogP) is 4.31. The molecular formula is C20H20N2O2. The Kier molecular flexibility index (Phi) is 4.96. The van der Waals surface area contributed by atoms with Crippen LogP contribution in [0.4, 0.5) is 5.69 Å². The molecule has 3 rings (SSSR count). The number of anilines is 1. The summed E-state index contributed by atoms with van der Waals surface area (Å²) in [6.07, 6.45) is 1.78. The van der Waals surface area contributed by atoms with E-state index < -0.39 is 0 Å². The van der Waals surface area contributed by atoms with Crippen molar-refractivity contribution in [1.82, 2.24) is 4.98 Å². The van der Waals surface area contributed by atoms with E-state index in [1.165, 1.54) is 0 Å². The Bertz CT molecular complexity index is 786. The molecule has 2 N–H and O–H groups in total. The van der Waals surface area contributed by atoms with E-state index >= 15 is 0 Å². The van der Waals surface area contributed by atoms with Crippen LogP contribution in [-0.2, 0) is 6.61 Å². The molecule has 0 amide bonds. The van der Waals surface area contributed by atoms with E-state index in [1.54, 1.807) is 6.20 Å². The van der Waals surface area contributed by atoms with Crippen molar-refractivity contribution < 1.29 is 9.47 Å². The Balaban J connectivity index is 1.72. The summed E-state index contributed by atoms with van der Waals surface area (Å²) >= 11 is 0. The molecule has 0 saturated heterocycles. The van der Waals surface area contributed by atoms with Gasteiger partial charge < -0.3 is 15.2 Å². The van der Waals surface area contributed by atoms with Crippen LogP contribution in [0.1, 0.15) is 12.5 Å². The van der Waals surface area contributed by atoms with Crippen LogP contribution >= 0.6 is 0 Å². The number of pyridine rings is 1. The molecular weight excluding hydrogens is 300 g/mol. The highest BCUT2D eigenvalue weighted by atomic mass is 16.5. The van der Waals surface area contributed by atoms with Crippen LogP contribution in [0, 0.1) is 0 Å². The lowest BCUT2D eigenvalue weighted by Gasteiger charge is -2.09. The second-order valence-corrected chi connectivity index (χ2v) is 5.38. The summed E-state index contributed by atoms with van der Waals surface area (Å²) in [5, 5.41) is 0. The normalized spacial score (nSPS) is 10.4. The Morgan fingerprint density at radius 1 is 0.917 bits per heavy atom. The molecule has 24 heavy (non-hydrogen) atoms. The summed E-state index contributed by atoms with van der Waals surface area (Å²) in [4.78, 5) is 4.37. The molecule has 0 aliphatic heterocycles. The van der Waals surface area contributed by atoms with Gasteiger partial charge in [-0.3, -0.25) is 0 Å². The fraction of sp³-hybridized carbons (Fsp3) is 0.150. The summed E-state index contributed by atoms with van der Waals surface area (Å²) in [6, 6.07) is 19.5. The zero-order valence-electron chi connectivity index (χ0n) is 13.6. The van der Waals surface area contributed by atoms with E-state index in [2.05, 4.69) is 4.98 Å². The molecule has 0 aliphatic carbocycles. The number of aromatic nitrogens is 1. The Morgan fingerprint density at radius 3 is 2.46 bits per heavy atom. The fourth-order valence-corrected chi connectivity index (χ4v) is 2.41. The van der Waals surface area contributed by atoms with Gasteiger partial charge in [0.05, 0.1) is 6.61 Å². The molecule has 4 nitrogen and oxygen atoms in total. The molecule has 4 heteroatoms. The summed E-state index contributed by atoms with van der Waals surface area (Å²) in [5.74, 6) is 1.36. The third kappa shape index (κ3) is 4.04. The quantitative estimate of drug-likeness (QED) is 0.688. The van der Waals surface area contributed by atoms with Crippen LogP contribution in [0.5, 0.6) is 11.6 Å². The molecule has 2 aromatic carbocycles. The minimum atomic E-state index is 0.500. The van der Waals surface area contributed by atoms with Crippen molar-refractivity contribution in [3.63, 3.8) is 0 Å². The van der Waals surface area contributed by atoms with Crippen LogP contribution in [0.25, 0.3) is 11.1 Å². The minimum absolute atomic E-state index is 0.500. The highest BCUT2D eigenvalue weighted by Gasteiger charge is 2.04. The number of rotatable bonds is 6. The lowest BCUT2D eigenvalue weighted by atomic mass is 10.1. The fourth-order valence-electron chi connectivity index (χ4n) is 2.41. The van der Waals surface area contributed by atoms with Gasteiger partial charge in [-0.25, -0.2) is 4.98 Å². The molecule has 0 radical (unpaired) electrons. The second-order valence-electron chi connectivity index (χ2n) is 5.38. The molecule has 0 saturated carbocycles. The highest BCUT2D eigenvalue weighted by molar-refractivity contribution is 5.69. The first-order chi connectivity index (χ1) is 11.7. The van der Waals surface area contributed by atoms with Gasteiger partial charge in [0.2, 0.25) is 5.88 Å². The molecule has 0 bridgehead atoms. The van der Waals surface area contributed by atoms with Crippen LogP contribution < -0.4 is 15.2 Å². The first kappa shape index (κ1) is 15.9. The number of hydrogen-bond acceptors (Lipinski definition) is 4. The van der Waals surface area contributed by atoms with E-state index in [0.717, 1.165) is 22.4 Å². The number of nitrogens with zero attached hydrogens (tertiary/aromatic N) is 1. The number of ether oxygens (including phenoxy) is 2. The lowest BCUT2D eigenvalue weighted by Crippen LogP contribution is -1.97. The average Bonchev–Trinajstić information content (AvgIpc) is 2.61. The molecule has 1 heterocycles. The third-order valence-corrected chi connectivity index (χ3v) is 3.54. The van der Waals surface area contributed by atoms with Crippen molar-refractivity contribution in [3.8, 4) is 22.8 Å². The zero-order valence-corrected chi connectivity index (χ0v) is 13.6. The van der Waals surface area contributed by atoms with Gasteiger partial charge in [0, 0.05) is 29.6 Å². The minimum Gasteiger partial charge on any atom is -0.494 e. The van der Waals surface area contributed by atoms with Crippen molar-refractivity contribution in [2.75, 3.05) is 12.3 Å². The maximum absolute atomic E-state index is 5.94. The van der Waals surface area contributed by atoms with Gasteiger partial charge >= 0.3 is 0 Å². The maximum atomic E-state index is 5.94. The molecule has 0 unspecified atom stereocenters. The molecule has 1 aromatic heterocycles. The van der Waals surface area contributed by atoms with Gasteiger partial charge in [-0.15, -0.1) is 0 Å². The Morgan fingerprint density at radius 2 is 1.75 bits per heavy atom. The van der Waals surface area contributed by atoms with Gasteiger partial charge in [0.15, 0.2) is 0 Å². The zero-order chi connectivity index (χ0) is 16.8. The SMILES string of the molecule is CCOc1cc(N)cc(-c2ccc(OCc3ccccc3)nc2)c1. The van der Waals surface area contributed by atoms with Crippen molar-refractivity contribution in [1.29, 1.82) is 0 Å². The van der Waals surface area contributed by atoms with E-state index in [0.29, 0.717) is 24.8 Å². The highest BCUT2D eigenvalue weighted by Crippen LogP contribution is 2.27. The molecule has 3 aromatic rings. The summed E-state index contributed by atoms with van der Waals surface area (Å²) in [7, 11) is 0. The summed E-state index contributed by atoms with van der Waals surface area (Å²) in [5.41, 5.74) is 9.66. The topological polar surface area (TPSA) is 57.4 Å². The number of benzene rings is 2. The standard InChI is InChI=1S/C20H20N2O2/c1-2-23-19-11-17(10-18(21)12-19)16-8-9-20(22-13-16)24-14-15-6-4-3-5-7-15/h3-13H,2,14,21H2,1H3. The molecule has 0 fully saturated rings. The van der Waals surface area contributed by atoms with Crippen molar-refractivity contribution in [2.24, 2.45) is 0 Å². The predicted molar refractivity (Wildman–Crippen MR) is 96.0 cm³/mol. The van der Waals surface area contributed by atoms with Crippen LogP contribution in [-0.4, -0.2) is 11.6 Å². The number of nitrogen functional groups attached to an aromatic ring is 1. The maximum Gasteiger partial charge on any atom is 0.213 e. The van der Waals surface area contributed by atoms with Crippen LogP contribution in [0.2, 0.25) is 0 Å². The van der Waals surface area contributed by atoms with Crippen LogP contribution in [0.3, 0.4) is 0 Å². The monoisotopic (exact) mass is 320 g/mol. The van der Waals surface area contributed by atoms with E-state index in [1.807, 2.05) is 67.6 Å². The van der Waals surface area contributed by atoms with Gasteiger partial charge in [0.1, 0.15) is 12.4 Å². The van der Waals surface area contributed by atoms with Gasteiger partial charge in [-0.1, -0.05) is 30.3 Å².